The average Bonchev–Trinajstić information content (AvgIpc) is 2.78. The van der Waals surface area contributed by atoms with Crippen LogP contribution in [0.4, 0.5) is 4.79 Å². The molecular formula is C13H17N3O3. The summed E-state index contributed by atoms with van der Waals surface area (Å²) in [7, 11) is 0. The highest BCUT2D eigenvalue weighted by Crippen LogP contribution is 2.09. The maximum Gasteiger partial charge on any atom is 0.410 e. The molecule has 6 nitrogen and oxygen atoms in total. The number of carbonyl (C=O) groups is 2. The number of nitrogens with one attached hydrogen (secondary N) is 1. The molecule has 1 saturated heterocycles. The van der Waals surface area contributed by atoms with E-state index in [0.29, 0.717) is 13.1 Å². The van der Waals surface area contributed by atoms with Crippen LogP contribution in [0, 0.1) is 0 Å². The monoisotopic (exact) mass is 263 g/mol. The summed E-state index contributed by atoms with van der Waals surface area (Å²) >= 11 is 0. The van der Waals surface area contributed by atoms with Gasteiger partial charge in [-0.2, -0.15) is 0 Å². The second-order valence-electron chi connectivity index (χ2n) is 4.38. The van der Waals surface area contributed by atoms with E-state index in [9.17, 15) is 9.59 Å². The molecule has 19 heavy (non-hydrogen) atoms. The van der Waals surface area contributed by atoms with Gasteiger partial charge in [-0.1, -0.05) is 30.3 Å². The first-order valence-corrected chi connectivity index (χ1v) is 6.15. The molecule has 2 amide bonds. The normalized spacial score (nSPS) is 18.3. The van der Waals surface area contributed by atoms with Gasteiger partial charge in [0.2, 0.25) is 5.91 Å². The molecule has 1 aromatic rings. The topological polar surface area (TPSA) is 84.7 Å². The first kappa shape index (κ1) is 13.4. The number of nitrogens with zero attached hydrogens (tertiary/aromatic N) is 1. The van der Waals surface area contributed by atoms with E-state index in [1.54, 1.807) is 0 Å². The van der Waals surface area contributed by atoms with E-state index < -0.39 is 6.09 Å². The molecule has 1 fully saturated rings. The van der Waals surface area contributed by atoms with Crippen molar-refractivity contribution in [2.75, 3.05) is 19.6 Å². The number of amides is 2. The molecular weight excluding hydrogens is 246 g/mol. The van der Waals surface area contributed by atoms with Gasteiger partial charge in [-0.25, -0.2) is 4.79 Å². The summed E-state index contributed by atoms with van der Waals surface area (Å²) in [4.78, 5) is 24.5. The van der Waals surface area contributed by atoms with E-state index >= 15 is 0 Å². The Morgan fingerprint density at radius 2 is 2.16 bits per heavy atom. The highest BCUT2D eigenvalue weighted by molar-refractivity contribution is 5.82. The molecule has 0 saturated carbocycles. The van der Waals surface area contributed by atoms with Crippen molar-refractivity contribution in [3.05, 3.63) is 35.9 Å². The zero-order valence-electron chi connectivity index (χ0n) is 10.5. The number of hydrogen-bond donors (Lipinski definition) is 2. The molecule has 1 heterocycles. The second kappa shape index (κ2) is 6.19. The van der Waals surface area contributed by atoms with Crippen LogP contribution in [-0.4, -0.2) is 42.6 Å². The molecule has 1 aromatic carbocycles. The summed E-state index contributed by atoms with van der Waals surface area (Å²) in [5.74, 6) is -0.210. The maximum atomic E-state index is 11.7. The van der Waals surface area contributed by atoms with Crippen LogP contribution in [0.3, 0.4) is 0 Å². The van der Waals surface area contributed by atoms with Crippen molar-refractivity contribution in [1.82, 2.24) is 10.2 Å². The van der Waals surface area contributed by atoms with Crippen molar-refractivity contribution >= 4 is 12.0 Å². The summed E-state index contributed by atoms with van der Waals surface area (Å²) in [6.45, 7) is 1.09. The lowest BCUT2D eigenvalue weighted by Gasteiger charge is -2.12. The van der Waals surface area contributed by atoms with Gasteiger partial charge >= 0.3 is 6.09 Å². The van der Waals surface area contributed by atoms with Crippen LogP contribution in [0.5, 0.6) is 0 Å². The predicted octanol–water partition coefficient (Wildman–Crippen LogP) is 0.0823. The third kappa shape index (κ3) is 3.69. The number of benzene rings is 1. The third-order valence-electron chi connectivity index (χ3n) is 2.88. The quantitative estimate of drug-likeness (QED) is 0.788. The zero-order chi connectivity index (χ0) is 13.7. The molecule has 3 N–H and O–H groups in total. The molecule has 1 unspecified atom stereocenters. The molecule has 2 rings (SSSR count). The Balaban J connectivity index is 1.77. The minimum atomic E-state index is -0.481. The van der Waals surface area contributed by atoms with Crippen molar-refractivity contribution in [3.8, 4) is 0 Å². The van der Waals surface area contributed by atoms with Gasteiger partial charge in [0.05, 0.1) is 6.54 Å². The fourth-order valence-electron chi connectivity index (χ4n) is 1.85. The van der Waals surface area contributed by atoms with E-state index in [-0.39, 0.29) is 25.1 Å². The molecule has 6 heteroatoms. The van der Waals surface area contributed by atoms with Gasteiger partial charge in [-0.05, 0) is 5.56 Å². The fourth-order valence-corrected chi connectivity index (χ4v) is 1.85. The van der Waals surface area contributed by atoms with E-state index in [0.717, 1.165) is 5.56 Å². The Hall–Kier alpha value is -2.08. The molecule has 0 aromatic heterocycles. The van der Waals surface area contributed by atoms with Crippen molar-refractivity contribution in [1.29, 1.82) is 0 Å². The molecule has 0 aliphatic carbocycles. The van der Waals surface area contributed by atoms with Gasteiger partial charge in [0, 0.05) is 13.1 Å². The van der Waals surface area contributed by atoms with E-state index in [4.69, 9.17) is 10.5 Å². The summed E-state index contributed by atoms with van der Waals surface area (Å²) in [6, 6.07) is 9.58. The Bertz CT molecular complexity index is 450. The molecule has 0 spiro atoms. The fraction of sp³-hybridized carbons (Fsp3) is 0.385. The van der Waals surface area contributed by atoms with Crippen molar-refractivity contribution in [2.24, 2.45) is 5.73 Å². The first-order chi connectivity index (χ1) is 9.19. The molecule has 0 bridgehead atoms. The van der Waals surface area contributed by atoms with Crippen LogP contribution in [0.25, 0.3) is 0 Å². The van der Waals surface area contributed by atoms with Crippen LogP contribution in [0.15, 0.2) is 30.3 Å². The Morgan fingerprint density at radius 1 is 1.42 bits per heavy atom. The second-order valence-corrected chi connectivity index (χ2v) is 4.38. The van der Waals surface area contributed by atoms with Crippen molar-refractivity contribution < 1.29 is 14.3 Å². The number of ether oxygens (including phenoxy) is 1. The summed E-state index contributed by atoms with van der Waals surface area (Å²) in [5.41, 5.74) is 6.43. The van der Waals surface area contributed by atoms with Crippen LogP contribution < -0.4 is 11.1 Å². The molecule has 1 aliphatic rings. The van der Waals surface area contributed by atoms with Crippen molar-refractivity contribution in [3.63, 3.8) is 0 Å². The van der Waals surface area contributed by atoms with Gasteiger partial charge in [0.15, 0.2) is 0 Å². The number of nitrogens with two attached hydrogens (primary N) is 1. The largest absolute Gasteiger partial charge is 0.443 e. The van der Waals surface area contributed by atoms with Crippen LogP contribution >= 0.6 is 0 Å². The summed E-state index contributed by atoms with van der Waals surface area (Å²) in [5, 5.41) is 2.76. The van der Waals surface area contributed by atoms with E-state index in [1.807, 2.05) is 30.3 Å². The van der Waals surface area contributed by atoms with Crippen molar-refractivity contribution in [2.45, 2.75) is 12.6 Å². The smallest absolute Gasteiger partial charge is 0.410 e. The lowest BCUT2D eigenvalue weighted by Crippen LogP contribution is -2.38. The van der Waals surface area contributed by atoms with Crippen LogP contribution in [-0.2, 0) is 16.1 Å². The number of cyclic esters (lactones) is 1. The molecule has 102 valence electrons. The number of carbonyl (C=O) groups excluding carboxylic acids is 2. The first-order valence-electron chi connectivity index (χ1n) is 6.15. The predicted molar refractivity (Wildman–Crippen MR) is 69.2 cm³/mol. The van der Waals surface area contributed by atoms with Gasteiger partial charge in [0.25, 0.3) is 0 Å². The highest BCUT2D eigenvalue weighted by Gasteiger charge is 2.31. The number of hydrogen-bond acceptors (Lipinski definition) is 4. The Labute approximate surface area is 111 Å². The number of rotatable bonds is 5. The van der Waals surface area contributed by atoms with Gasteiger partial charge in [-0.3, -0.25) is 9.69 Å². The lowest BCUT2D eigenvalue weighted by atomic mass is 10.2. The molecule has 1 atom stereocenters. The average molecular weight is 263 g/mol. The lowest BCUT2D eigenvalue weighted by molar-refractivity contribution is -0.121. The highest BCUT2D eigenvalue weighted by atomic mass is 16.6. The summed E-state index contributed by atoms with van der Waals surface area (Å²) < 4.78 is 4.97. The van der Waals surface area contributed by atoms with Crippen LogP contribution in [0.2, 0.25) is 0 Å². The maximum absolute atomic E-state index is 11.7. The Morgan fingerprint density at radius 3 is 2.79 bits per heavy atom. The van der Waals surface area contributed by atoms with Crippen LogP contribution in [0.1, 0.15) is 5.56 Å². The minimum absolute atomic E-state index is 0.00215. The minimum Gasteiger partial charge on any atom is -0.443 e. The van der Waals surface area contributed by atoms with Gasteiger partial charge in [-0.15, -0.1) is 0 Å². The molecule has 0 radical (unpaired) electrons. The zero-order valence-corrected chi connectivity index (χ0v) is 10.5. The van der Waals surface area contributed by atoms with E-state index in [2.05, 4.69) is 5.32 Å². The van der Waals surface area contributed by atoms with Gasteiger partial charge in [0.1, 0.15) is 12.6 Å². The molecule has 1 aliphatic heterocycles. The SMILES string of the molecule is NCC1CN(CC(=O)NCc2ccccc2)C(=O)O1. The Kier molecular flexibility index (Phi) is 4.35. The summed E-state index contributed by atoms with van der Waals surface area (Å²) in [6.07, 6.45) is -0.792. The third-order valence-corrected chi connectivity index (χ3v) is 2.88. The van der Waals surface area contributed by atoms with E-state index in [1.165, 1.54) is 4.90 Å². The standard InChI is InChI=1S/C13H17N3O3/c14-6-11-8-16(13(18)19-11)9-12(17)15-7-10-4-2-1-3-5-10/h1-5,11H,6-9,14H2,(H,15,17). The van der Waals surface area contributed by atoms with Gasteiger partial charge < -0.3 is 15.8 Å².